The summed E-state index contributed by atoms with van der Waals surface area (Å²) in [6.07, 6.45) is 91.6. The Hall–Kier alpha value is -3.67. The molecule has 1 unspecified atom stereocenters. The number of allylic oxidation sites excluding steroid dienone is 16. The number of ether oxygens (including phenoxy) is 3. The Morgan fingerprint density at radius 1 is 0.263 bits per heavy atom. The quantitative estimate of drug-likeness (QED) is 0.0261. The molecule has 0 spiro atoms. The van der Waals surface area contributed by atoms with E-state index in [0.29, 0.717) is 19.3 Å². The van der Waals surface area contributed by atoms with Crippen LogP contribution in [0.15, 0.2) is 97.2 Å². The molecule has 0 aliphatic heterocycles. The third-order valence-electron chi connectivity index (χ3n) is 14.9. The van der Waals surface area contributed by atoms with Gasteiger partial charge in [-0.25, -0.2) is 0 Å². The Bertz CT molecular complexity index is 1560. The molecule has 0 fully saturated rings. The first-order valence-electron chi connectivity index (χ1n) is 34.2. The number of hydrogen-bond acceptors (Lipinski definition) is 6. The highest BCUT2D eigenvalue weighted by atomic mass is 16.6. The molecular formula is C74H128O6. The summed E-state index contributed by atoms with van der Waals surface area (Å²) in [6.45, 7) is 6.53. The van der Waals surface area contributed by atoms with E-state index in [1.165, 1.54) is 180 Å². The maximum atomic E-state index is 12.9. The molecule has 0 bridgehead atoms. The van der Waals surface area contributed by atoms with Gasteiger partial charge >= 0.3 is 17.9 Å². The number of carbonyl (C=O) groups is 3. The van der Waals surface area contributed by atoms with Crippen LogP contribution in [0.1, 0.15) is 335 Å². The monoisotopic (exact) mass is 1110 g/mol. The third kappa shape index (κ3) is 65.1. The van der Waals surface area contributed by atoms with Crippen molar-refractivity contribution in [2.45, 2.75) is 341 Å². The number of hydrogen-bond donors (Lipinski definition) is 0. The Morgan fingerprint density at radius 2 is 0.487 bits per heavy atom. The molecule has 0 rings (SSSR count). The number of unbranched alkanes of at least 4 members (excludes halogenated alkanes) is 35. The van der Waals surface area contributed by atoms with E-state index in [9.17, 15) is 14.4 Å². The van der Waals surface area contributed by atoms with Gasteiger partial charge in [-0.15, -0.1) is 0 Å². The summed E-state index contributed by atoms with van der Waals surface area (Å²) in [5.74, 6) is -0.873. The van der Waals surface area contributed by atoms with Gasteiger partial charge in [0, 0.05) is 19.3 Å². The Labute approximate surface area is 496 Å². The summed E-state index contributed by atoms with van der Waals surface area (Å²) >= 11 is 0. The van der Waals surface area contributed by atoms with Gasteiger partial charge in [0.2, 0.25) is 0 Å². The fourth-order valence-corrected chi connectivity index (χ4v) is 9.76. The first-order chi connectivity index (χ1) is 39.5. The van der Waals surface area contributed by atoms with Crippen molar-refractivity contribution in [3.05, 3.63) is 97.2 Å². The second-order valence-electron chi connectivity index (χ2n) is 22.7. The van der Waals surface area contributed by atoms with Gasteiger partial charge in [0.25, 0.3) is 0 Å². The summed E-state index contributed by atoms with van der Waals surface area (Å²) in [4.78, 5) is 38.2. The zero-order valence-corrected chi connectivity index (χ0v) is 52.8. The summed E-state index contributed by atoms with van der Waals surface area (Å²) in [5.41, 5.74) is 0. The minimum atomic E-state index is -0.777. The van der Waals surface area contributed by atoms with Gasteiger partial charge in [-0.05, 0) is 83.5 Å². The zero-order chi connectivity index (χ0) is 57.8. The van der Waals surface area contributed by atoms with Crippen LogP contribution >= 0.6 is 0 Å². The normalized spacial score (nSPS) is 12.7. The van der Waals surface area contributed by atoms with Crippen LogP contribution in [-0.2, 0) is 28.6 Å². The van der Waals surface area contributed by atoms with Crippen LogP contribution in [0.3, 0.4) is 0 Å². The van der Waals surface area contributed by atoms with E-state index in [2.05, 4.69) is 118 Å². The van der Waals surface area contributed by atoms with E-state index >= 15 is 0 Å². The van der Waals surface area contributed by atoms with Gasteiger partial charge in [0.05, 0.1) is 0 Å². The lowest BCUT2D eigenvalue weighted by Gasteiger charge is -2.18. The third-order valence-corrected chi connectivity index (χ3v) is 14.9. The van der Waals surface area contributed by atoms with Crippen LogP contribution in [0.25, 0.3) is 0 Å². The first-order valence-corrected chi connectivity index (χ1v) is 34.2. The molecule has 0 saturated carbocycles. The molecule has 0 aromatic carbocycles. The number of carbonyl (C=O) groups excluding carboxylic acids is 3. The minimum absolute atomic E-state index is 0.0753. The van der Waals surface area contributed by atoms with Crippen molar-refractivity contribution in [2.75, 3.05) is 13.2 Å². The fraction of sp³-hybridized carbons (Fsp3) is 0.743. The van der Waals surface area contributed by atoms with E-state index < -0.39 is 6.10 Å². The van der Waals surface area contributed by atoms with Crippen molar-refractivity contribution >= 4 is 17.9 Å². The van der Waals surface area contributed by atoms with E-state index in [-0.39, 0.29) is 31.1 Å². The van der Waals surface area contributed by atoms with Crippen molar-refractivity contribution in [3.63, 3.8) is 0 Å². The van der Waals surface area contributed by atoms with E-state index in [1.54, 1.807) is 0 Å². The van der Waals surface area contributed by atoms with Gasteiger partial charge in [-0.2, -0.15) is 0 Å². The molecule has 1 atom stereocenters. The van der Waals surface area contributed by atoms with Gasteiger partial charge in [0.15, 0.2) is 6.10 Å². The highest BCUT2D eigenvalue weighted by molar-refractivity contribution is 5.71. The van der Waals surface area contributed by atoms with Crippen LogP contribution in [0.2, 0.25) is 0 Å². The molecule has 0 amide bonds. The molecule has 0 N–H and O–H groups in total. The summed E-state index contributed by atoms with van der Waals surface area (Å²) in [7, 11) is 0. The smallest absolute Gasteiger partial charge is 0.306 e. The van der Waals surface area contributed by atoms with Gasteiger partial charge in [0.1, 0.15) is 13.2 Å². The van der Waals surface area contributed by atoms with Crippen LogP contribution < -0.4 is 0 Å². The highest BCUT2D eigenvalue weighted by Gasteiger charge is 2.19. The number of esters is 3. The topological polar surface area (TPSA) is 78.9 Å². The number of rotatable bonds is 62. The molecule has 0 aliphatic rings. The van der Waals surface area contributed by atoms with Crippen molar-refractivity contribution in [1.82, 2.24) is 0 Å². The predicted molar refractivity (Wildman–Crippen MR) is 348 cm³/mol. The fourth-order valence-electron chi connectivity index (χ4n) is 9.76. The molecule has 6 nitrogen and oxygen atoms in total. The molecule has 460 valence electrons. The maximum absolute atomic E-state index is 12.9. The average molecular weight is 1110 g/mol. The molecule has 6 heteroatoms. The van der Waals surface area contributed by atoms with Gasteiger partial charge in [-0.1, -0.05) is 330 Å². The zero-order valence-electron chi connectivity index (χ0n) is 52.8. The lowest BCUT2D eigenvalue weighted by Crippen LogP contribution is -2.30. The van der Waals surface area contributed by atoms with Crippen LogP contribution in [0, 0.1) is 0 Å². The molecule has 0 aromatic rings. The predicted octanol–water partition coefficient (Wildman–Crippen LogP) is 23.6. The van der Waals surface area contributed by atoms with Crippen molar-refractivity contribution in [2.24, 2.45) is 0 Å². The largest absolute Gasteiger partial charge is 0.462 e. The molecule has 0 saturated heterocycles. The molecule has 80 heavy (non-hydrogen) atoms. The lowest BCUT2D eigenvalue weighted by molar-refractivity contribution is -0.167. The second kappa shape index (κ2) is 67.8. The second-order valence-corrected chi connectivity index (χ2v) is 22.7. The Kier molecular flexibility index (Phi) is 64.7. The van der Waals surface area contributed by atoms with Gasteiger partial charge < -0.3 is 14.2 Å². The Balaban J connectivity index is 4.15. The van der Waals surface area contributed by atoms with Crippen LogP contribution in [-0.4, -0.2) is 37.2 Å². The van der Waals surface area contributed by atoms with E-state index in [0.717, 1.165) is 116 Å². The maximum Gasteiger partial charge on any atom is 0.306 e. The highest BCUT2D eigenvalue weighted by Crippen LogP contribution is 2.17. The molecular weight excluding hydrogens is 985 g/mol. The minimum Gasteiger partial charge on any atom is -0.462 e. The van der Waals surface area contributed by atoms with Crippen LogP contribution in [0.5, 0.6) is 0 Å². The molecule has 0 aliphatic carbocycles. The summed E-state index contributed by atoms with van der Waals surface area (Å²) < 4.78 is 16.9. The van der Waals surface area contributed by atoms with Gasteiger partial charge in [-0.3, -0.25) is 14.4 Å². The van der Waals surface area contributed by atoms with E-state index in [4.69, 9.17) is 14.2 Å². The Morgan fingerprint density at radius 3 is 0.762 bits per heavy atom. The van der Waals surface area contributed by atoms with Crippen molar-refractivity contribution in [3.8, 4) is 0 Å². The van der Waals surface area contributed by atoms with Crippen LogP contribution in [0.4, 0.5) is 0 Å². The molecule has 0 radical (unpaired) electrons. The SMILES string of the molecule is CC/C=C\C/C=C\C/C=C\C/C=C\C/C=C\C/C=C\C/C=C\C/C=C\CCCCCCCCCCC(=O)OCC(COC(=O)CCCCCCCCCC)OC(=O)CCCCCCCCCCCCCCCCCCCCCCC. The lowest BCUT2D eigenvalue weighted by atomic mass is 10.0. The molecule has 0 heterocycles. The average Bonchev–Trinajstić information content (AvgIpc) is 3.46. The molecule has 0 aromatic heterocycles. The summed E-state index contributed by atoms with van der Waals surface area (Å²) in [5, 5.41) is 0. The van der Waals surface area contributed by atoms with Crippen molar-refractivity contribution in [1.29, 1.82) is 0 Å². The summed E-state index contributed by atoms with van der Waals surface area (Å²) in [6, 6.07) is 0. The standard InChI is InChI=1S/C74H128O6/c1-4-7-10-13-16-19-21-23-25-27-29-31-32-33-34-35-36-37-38-39-40-41-42-44-45-47-49-51-53-55-58-61-64-67-73(76)79-70-71(69-78-72(75)66-63-60-57-18-15-12-9-6-3)80-74(77)68-65-62-59-56-54-52-50-48-46-43-30-28-26-24-22-20-17-14-11-8-5-2/h7,10,16,19,23,25,29,31,33-34,36-37,39-40,42,44,71H,4-6,8-9,11-15,17-18,20-22,24,26-28,30,32,35,38,41,43,45-70H2,1-3H3/b10-7-,19-16-,25-23-,31-29-,34-33-,37-36-,40-39-,44-42-. The van der Waals surface area contributed by atoms with E-state index in [1.807, 2.05) is 0 Å². The first kappa shape index (κ1) is 76.3. The van der Waals surface area contributed by atoms with Crippen molar-refractivity contribution < 1.29 is 28.6 Å².